The molecule has 1 saturated carbocycles. The van der Waals surface area contributed by atoms with Gasteiger partial charge in [-0.25, -0.2) is 9.67 Å². The molecule has 0 spiro atoms. The number of rotatable bonds is 8. The Morgan fingerprint density at radius 3 is 2.94 bits per heavy atom. The summed E-state index contributed by atoms with van der Waals surface area (Å²) in [6.07, 6.45) is 19.4. The molecule has 0 atom stereocenters. The predicted molar refractivity (Wildman–Crippen MR) is 136 cm³/mol. The van der Waals surface area contributed by atoms with E-state index in [0.29, 0.717) is 6.54 Å². The first kappa shape index (κ1) is 21.1. The second-order valence-electron chi connectivity index (χ2n) is 9.59. The van der Waals surface area contributed by atoms with Gasteiger partial charge in [-0.05, 0) is 49.1 Å². The SMILES string of the molecule is c1cc2nc(Cn3cc(-c4cncc(-n5ccc6cocc65)c4)nn3)cn2cc1CNCC1CCC1. The highest BCUT2D eigenvalue weighted by Crippen LogP contribution is 2.26. The molecule has 0 unspecified atom stereocenters. The molecule has 180 valence electrons. The Morgan fingerprint density at radius 2 is 2.03 bits per heavy atom. The van der Waals surface area contributed by atoms with Crippen LogP contribution in [0.5, 0.6) is 0 Å². The molecule has 6 heterocycles. The van der Waals surface area contributed by atoms with Crippen molar-refractivity contribution in [2.45, 2.75) is 32.4 Å². The fraction of sp³-hybridized carbons (Fsp3) is 0.259. The third-order valence-electron chi connectivity index (χ3n) is 7.04. The molecule has 0 amide bonds. The zero-order chi connectivity index (χ0) is 23.9. The number of furan rings is 1. The monoisotopic (exact) mass is 478 g/mol. The maximum atomic E-state index is 5.32. The molecular formula is C27H26N8O. The topological polar surface area (TPSA) is 91.0 Å². The minimum Gasteiger partial charge on any atom is -0.470 e. The largest absolute Gasteiger partial charge is 0.470 e. The molecular weight excluding hydrogens is 452 g/mol. The summed E-state index contributed by atoms with van der Waals surface area (Å²) in [7, 11) is 0. The second kappa shape index (κ2) is 8.76. The van der Waals surface area contributed by atoms with Crippen LogP contribution in [0, 0.1) is 5.92 Å². The number of nitrogens with zero attached hydrogens (tertiary/aromatic N) is 7. The highest BCUT2D eigenvalue weighted by Gasteiger charge is 2.16. The highest BCUT2D eigenvalue weighted by atomic mass is 16.3. The number of nitrogens with one attached hydrogen (secondary N) is 1. The molecule has 9 heteroatoms. The molecule has 6 aromatic rings. The van der Waals surface area contributed by atoms with Gasteiger partial charge in [-0.3, -0.25) is 4.98 Å². The quantitative estimate of drug-likeness (QED) is 0.347. The number of hydrogen-bond donors (Lipinski definition) is 1. The standard InChI is InChI=1S/C27H26N8O/c1-2-19(3-1)9-28-10-20-4-5-27-30-23(14-33(27)13-20)15-34-16-25(31-32-34)22-8-24(12-29-11-22)35-7-6-21-17-36-18-26(21)35/h4-8,11-14,16-19,28H,1-3,9-10,15H2. The van der Waals surface area contributed by atoms with Crippen LogP contribution in [0.3, 0.4) is 0 Å². The van der Waals surface area contributed by atoms with Gasteiger partial charge in [0.1, 0.15) is 17.6 Å². The van der Waals surface area contributed by atoms with Gasteiger partial charge in [-0.15, -0.1) is 5.10 Å². The predicted octanol–water partition coefficient (Wildman–Crippen LogP) is 4.46. The molecule has 0 saturated heterocycles. The van der Waals surface area contributed by atoms with Crippen molar-refractivity contribution in [3.63, 3.8) is 0 Å². The van der Waals surface area contributed by atoms with Crippen LogP contribution in [0.15, 0.2) is 78.4 Å². The van der Waals surface area contributed by atoms with Crippen molar-refractivity contribution >= 4 is 16.6 Å². The molecule has 0 aromatic carbocycles. The van der Waals surface area contributed by atoms with Gasteiger partial charge in [0.25, 0.3) is 0 Å². The van der Waals surface area contributed by atoms with Gasteiger partial charge in [-0.2, -0.15) is 0 Å². The Balaban J connectivity index is 1.07. The fourth-order valence-electron chi connectivity index (χ4n) is 4.84. The first-order valence-electron chi connectivity index (χ1n) is 12.3. The van der Waals surface area contributed by atoms with Gasteiger partial charge in [0.05, 0.1) is 42.1 Å². The molecule has 6 aromatic heterocycles. The van der Waals surface area contributed by atoms with Crippen LogP contribution in [-0.2, 0) is 13.1 Å². The summed E-state index contributed by atoms with van der Waals surface area (Å²) in [4.78, 5) is 9.19. The van der Waals surface area contributed by atoms with Crippen molar-refractivity contribution in [1.82, 2.24) is 39.2 Å². The van der Waals surface area contributed by atoms with Gasteiger partial charge in [0.2, 0.25) is 0 Å². The average molecular weight is 479 g/mol. The Morgan fingerprint density at radius 1 is 1.06 bits per heavy atom. The summed E-state index contributed by atoms with van der Waals surface area (Å²) in [5.41, 5.74) is 6.74. The zero-order valence-electron chi connectivity index (χ0n) is 19.8. The van der Waals surface area contributed by atoms with E-state index in [4.69, 9.17) is 9.40 Å². The van der Waals surface area contributed by atoms with Crippen molar-refractivity contribution in [2.24, 2.45) is 5.92 Å². The van der Waals surface area contributed by atoms with Crippen LogP contribution in [0.1, 0.15) is 30.5 Å². The lowest BCUT2D eigenvalue weighted by molar-refractivity contribution is 0.301. The maximum Gasteiger partial charge on any atom is 0.137 e. The second-order valence-corrected chi connectivity index (χ2v) is 9.59. The fourth-order valence-corrected chi connectivity index (χ4v) is 4.84. The molecule has 0 bridgehead atoms. The van der Waals surface area contributed by atoms with Crippen LogP contribution in [0.4, 0.5) is 0 Å². The number of imidazole rings is 1. The third-order valence-corrected chi connectivity index (χ3v) is 7.04. The summed E-state index contributed by atoms with van der Waals surface area (Å²) >= 11 is 0. The Labute approximate surface area is 207 Å². The number of fused-ring (bicyclic) bond motifs is 2. The number of hydrogen-bond acceptors (Lipinski definition) is 6. The van der Waals surface area contributed by atoms with E-state index < -0.39 is 0 Å². The summed E-state index contributed by atoms with van der Waals surface area (Å²) < 4.78 is 11.3. The zero-order valence-corrected chi connectivity index (χ0v) is 19.8. The van der Waals surface area contributed by atoms with Gasteiger partial charge < -0.3 is 18.7 Å². The molecule has 1 N–H and O–H groups in total. The Bertz CT molecular complexity index is 1650. The molecule has 0 aliphatic heterocycles. The first-order chi connectivity index (χ1) is 17.8. The smallest absolute Gasteiger partial charge is 0.137 e. The molecule has 36 heavy (non-hydrogen) atoms. The lowest BCUT2D eigenvalue weighted by Crippen LogP contribution is -2.26. The van der Waals surface area contributed by atoms with Gasteiger partial charge in [-0.1, -0.05) is 17.7 Å². The summed E-state index contributed by atoms with van der Waals surface area (Å²) in [5.74, 6) is 0.862. The van der Waals surface area contributed by atoms with E-state index >= 15 is 0 Å². The van der Waals surface area contributed by atoms with Crippen molar-refractivity contribution in [2.75, 3.05) is 6.54 Å². The van der Waals surface area contributed by atoms with Crippen LogP contribution in [0.2, 0.25) is 0 Å². The van der Waals surface area contributed by atoms with Crippen LogP contribution >= 0.6 is 0 Å². The van der Waals surface area contributed by atoms with Crippen LogP contribution < -0.4 is 5.32 Å². The molecule has 1 fully saturated rings. The number of aromatic nitrogens is 7. The van der Waals surface area contributed by atoms with Crippen molar-refractivity contribution in [3.05, 3.63) is 85.2 Å². The highest BCUT2D eigenvalue weighted by molar-refractivity contribution is 5.80. The summed E-state index contributed by atoms with van der Waals surface area (Å²) in [6.45, 7) is 2.54. The Hall–Kier alpha value is -4.24. The van der Waals surface area contributed by atoms with Crippen molar-refractivity contribution in [1.29, 1.82) is 0 Å². The Kier molecular flexibility index (Phi) is 5.13. The van der Waals surface area contributed by atoms with E-state index in [0.717, 1.165) is 58.2 Å². The van der Waals surface area contributed by atoms with Gasteiger partial charge in [0.15, 0.2) is 0 Å². The molecule has 1 aliphatic rings. The summed E-state index contributed by atoms with van der Waals surface area (Å²) in [6, 6.07) is 8.30. The van der Waals surface area contributed by atoms with E-state index in [1.54, 1.807) is 18.7 Å². The van der Waals surface area contributed by atoms with Crippen LogP contribution in [-0.4, -0.2) is 40.5 Å². The normalized spacial score (nSPS) is 14.1. The molecule has 1 aliphatic carbocycles. The van der Waals surface area contributed by atoms with E-state index in [1.807, 2.05) is 33.9 Å². The maximum absolute atomic E-state index is 5.32. The van der Waals surface area contributed by atoms with E-state index in [1.165, 1.54) is 24.8 Å². The van der Waals surface area contributed by atoms with E-state index in [9.17, 15) is 0 Å². The first-order valence-corrected chi connectivity index (χ1v) is 12.3. The number of pyridine rings is 2. The molecule has 0 radical (unpaired) electrons. The third kappa shape index (κ3) is 3.97. The minimum absolute atomic E-state index is 0.546. The summed E-state index contributed by atoms with van der Waals surface area (Å²) in [5, 5.41) is 13.4. The van der Waals surface area contributed by atoms with Crippen LogP contribution in [0.25, 0.3) is 33.5 Å². The van der Waals surface area contributed by atoms with Crippen molar-refractivity contribution < 1.29 is 4.42 Å². The van der Waals surface area contributed by atoms with Gasteiger partial charge in [0, 0.05) is 42.3 Å². The lowest BCUT2D eigenvalue weighted by atomic mass is 9.85. The van der Waals surface area contributed by atoms with E-state index in [2.05, 4.69) is 55.6 Å². The average Bonchev–Trinajstić information content (AvgIpc) is 3.64. The van der Waals surface area contributed by atoms with Gasteiger partial charge >= 0.3 is 0 Å². The van der Waals surface area contributed by atoms with Crippen molar-refractivity contribution in [3.8, 4) is 16.9 Å². The molecule has 9 nitrogen and oxygen atoms in total. The van der Waals surface area contributed by atoms with E-state index in [-0.39, 0.29) is 0 Å². The minimum atomic E-state index is 0.546. The molecule has 7 rings (SSSR count). The lowest BCUT2D eigenvalue weighted by Gasteiger charge is -2.25.